The van der Waals surface area contributed by atoms with Crippen LogP contribution in [0.25, 0.3) is 16.9 Å². The number of methoxy groups -OCH3 is 1. The first-order chi connectivity index (χ1) is 18.1. The van der Waals surface area contributed by atoms with E-state index >= 15 is 0 Å². The van der Waals surface area contributed by atoms with Crippen LogP contribution in [-0.2, 0) is 26.2 Å². The first kappa shape index (κ1) is 25.7. The minimum Gasteiger partial charge on any atom is -0.495 e. The van der Waals surface area contributed by atoms with Crippen LogP contribution in [0.5, 0.6) is 5.75 Å². The van der Waals surface area contributed by atoms with Crippen LogP contribution in [0.4, 0.5) is 0 Å². The molecule has 0 bridgehead atoms. The van der Waals surface area contributed by atoms with Gasteiger partial charge in [-0.05, 0) is 84.5 Å². The average Bonchev–Trinajstić information content (AvgIpc) is 3.36. The van der Waals surface area contributed by atoms with Gasteiger partial charge in [0.25, 0.3) is 0 Å². The Balaban J connectivity index is 1.20. The van der Waals surface area contributed by atoms with E-state index < -0.39 is 0 Å². The van der Waals surface area contributed by atoms with Gasteiger partial charge in [-0.3, -0.25) is 0 Å². The lowest BCUT2D eigenvalue weighted by Gasteiger charge is -2.29. The minimum absolute atomic E-state index is 0.0919. The number of aliphatic hydroxyl groups excluding tert-OH is 2. The fourth-order valence-corrected chi connectivity index (χ4v) is 5.57. The normalized spacial score (nSPS) is 17.8. The molecule has 1 aliphatic carbocycles. The number of aliphatic hydroxyl groups is 2. The van der Waals surface area contributed by atoms with Crippen molar-refractivity contribution in [2.24, 2.45) is 5.92 Å². The summed E-state index contributed by atoms with van der Waals surface area (Å²) in [5, 5.41) is 23.3. The molecular formula is C30H34ClN3O3. The number of nitrogens with one attached hydrogen (secondary N) is 1. The molecule has 0 unspecified atom stereocenters. The Morgan fingerprint density at radius 3 is 2.43 bits per heavy atom. The van der Waals surface area contributed by atoms with Gasteiger partial charge in [-0.1, -0.05) is 35.9 Å². The van der Waals surface area contributed by atoms with Crippen LogP contribution >= 0.6 is 11.6 Å². The summed E-state index contributed by atoms with van der Waals surface area (Å²) in [6, 6.07) is 16.7. The number of hydrogen-bond donors (Lipinski definition) is 3. The molecule has 0 aliphatic heterocycles. The summed E-state index contributed by atoms with van der Waals surface area (Å²) in [7, 11) is 1.57. The van der Waals surface area contributed by atoms with Gasteiger partial charge in [0.15, 0.2) is 0 Å². The number of fused-ring (bicyclic) bond motifs is 1. The number of hydrogen-bond acceptors (Lipinski definition) is 5. The van der Waals surface area contributed by atoms with Gasteiger partial charge in [0.2, 0.25) is 0 Å². The van der Waals surface area contributed by atoms with Gasteiger partial charge in [-0.25, -0.2) is 4.98 Å². The molecular weight excluding hydrogens is 486 g/mol. The van der Waals surface area contributed by atoms with E-state index in [0.717, 1.165) is 41.0 Å². The number of imidazole rings is 1. The van der Waals surface area contributed by atoms with Crippen LogP contribution in [0, 0.1) is 5.92 Å². The SMILES string of the molecule is COc1cc(CO)c(-c2cn3ccc(CC4CCC(NCc5ccc(CO)cc5)CC4)cc3n2)cc1Cl. The van der Waals surface area contributed by atoms with Crippen LogP contribution in [-0.4, -0.2) is 32.7 Å². The van der Waals surface area contributed by atoms with E-state index in [9.17, 15) is 10.2 Å². The van der Waals surface area contributed by atoms with E-state index in [0.29, 0.717) is 22.7 Å². The van der Waals surface area contributed by atoms with Crippen molar-refractivity contribution in [3.8, 4) is 17.0 Å². The maximum absolute atomic E-state index is 9.88. The van der Waals surface area contributed by atoms with Crippen molar-refractivity contribution in [1.82, 2.24) is 14.7 Å². The lowest BCUT2D eigenvalue weighted by molar-refractivity contribution is 0.281. The Hall–Kier alpha value is -2.90. The molecule has 1 saturated carbocycles. The summed E-state index contributed by atoms with van der Waals surface area (Å²) in [5.41, 5.74) is 6.74. The van der Waals surface area contributed by atoms with Crippen molar-refractivity contribution in [2.75, 3.05) is 7.11 Å². The maximum atomic E-state index is 9.88. The Morgan fingerprint density at radius 2 is 1.73 bits per heavy atom. The molecule has 194 valence electrons. The predicted octanol–water partition coefficient (Wildman–Crippen LogP) is 5.54. The number of benzene rings is 2. The maximum Gasteiger partial charge on any atom is 0.137 e. The molecule has 0 saturated heterocycles. The number of pyridine rings is 1. The molecule has 0 radical (unpaired) electrons. The summed E-state index contributed by atoms with van der Waals surface area (Å²) < 4.78 is 7.31. The number of nitrogens with zero attached hydrogens (tertiary/aromatic N) is 2. The van der Waals surface area contributed by atoms with Gasteiger partial charge < -0.3 is 24.7 Å². The van der Waals surface area contributed by atoms with Crippen LogP contribution in [0.15, 0.2) is 60.9 Å². The number of rotatable bonds is 9. The topological polar surface area (TPSA) is 79.0 Å². The van der Waals surface area contributed by atoms with Gasteiger partial charge in [0.05, 0.1) is 31.0 Å². The van der Waals surface area contributed by atoms with Gasteiger partial charge in [0.1, 0.15) is 11.4 Å². The standard InChI is InChI=1S/C30H34ClN3O3/c1-37-29-14-24(19-36)26(15-27(29)31)28-17-34-11-10-23(13-30(34)33-28)12-20-6-8-25(9-7-20)32-16-21-2-4-22(18-35)5-3-21/h2-5,10-11,13-15,17,20,25,32,35-36H,6-9,12,16,18-19H2,1H3. The quantitative estimate of drug-likeness (QED) is 0.270. The summed E-state index contributed by atoms with van der Waals surface area (Å²) in [4.78, 5) is 4.85. The second kappa shape index (κ2) is 11.7. The first-order valence-corrected chi connectivity index (χ1v) is 13.3. The second-order valence-electron chi connectivity index (χ2n) is 10.0. The average molecular weight is 520 g/mol. The first-order valence-electron chi connectivity index (χ1n) is 12.9. The molecule has 37 heavy (non-hydrogen) atoms. The molecule has 3 N–H and O–H groups in total. The Kier molecular flexibility index (Phi) is 8.11. The van der Waals surface area contributed by atoms with Crippen molar-refractivity contribution >= 4 is 17.2 Å². The smallest absolute Gasteiger partial charge is 0.137 e. The molecule has 0 spiro atoms. The molecule has 7 heteroatoms. The highest BCUT2D eigenvalue weighted by atomic mass is 35.5. The van der Waals surface area contributed by atoms with Crippen molar-refractivity contribution in [1.29, 1.82) is 0 Å². The highest BCUT2D eigenvalue weighted by Crippen LogP contribution is 2.34. The van der Waals surface area contributed by atoms with Crippen molar-refractivity contribution in [3.05, 3.63) is 88.2 Å². The van der Waals surface area contributed by atoms with Crippen LogP contribution in [0.1, 0.15) is 47.9 Å². The molecule has 4 aromatic rings. The van der Waals surface area contributed by atoms with Crippen LogP contribution in [0.3, 0.4) is 0 Å². The van der Waals surface area contributed by atoms with Gasteiger partial charge >= 0.3 is 0 Å². The fourth-order valence-electron chi connectivity index (χ4n) is 5.33. The minimum atomic E-state index is -0.116. The molecule has 2 aromatic heterocycles. The molecule has 0 atom stereocenters. The van der Waals surface area contributed by atoms with Crippen molar-refractivity contribution < 1.29 is 14.9 Å². The molecule has 2 aromatic carbocycles. The molecule has 1 aliphatic rings. The highest BCUT2D eigenvalue weighted by molar-refractivity contribution is 6.32. The summed E-state index contributed by atoms with van der Waals surface area (Å²) >= 11 is 6.36. The van der Waals surface area contributed by atoms with E-state index in [1.165, 1.54) is 36.8 Å². The largest absolute Gasteiger partial charge is 0.495 e. The number of halogens is 1. The number of ether oxygens (including phenoxy) is 1. The highest BCUT2D eigenvalue weighted by Gasteiger charge is 2.21. The Labute approximate surface area is 222 Å². The fraction of sp³-hybridized carbons (Fsp3) is 0.367. The second-order valence-corrected chi connectivity index (χ2v) is 10.4. The van der Waals surface area contributed by atoms with E-state index in [1.54, 1.807) is 13.2 Å². The third-order valence-electron chi connectivity index (χ3n) is 7.52. The zero-order valence-corrected chi connectivity index (χ0v) is 21.9. The third-order valence-corrected chi connectivity index (χ3v) is 7.82. The van der Waals surface area contributed by atoms with Crippen LogP contribution in [0.2, 0.25) is 5.02 Å². The zero-order valence-electron chi connectivity index (χ0n) is 21.2. The zero-order chi connectivity index (χ0) is 25.8. The predicted molar refractivity (Wildman–Crippen MR) is 147 cm³/mol. The number of aromatic nitrogens is 2. The lowest BCUT2D eigenvalue weighted by atomic mass is 9.82. The van der Waals surface area contributed by atoms with Crippen molar-refractivity contribution in [3.63, 3.8) is 0 Å². The monoisotopic (exact) mass is 519 g/mol. The van der Waals surface area contributed by atoms with E-state index in [1.807, 2.05) is 28.8 Å². The third kappa shape index (κ3) is 5.99. The summed E-state index contributed by atoms with van der Waals surface area (Å²) in [6.07, 6.45) is 9.93. The van der Waals surface area contributed by atoms with Gasteiger partial charge in [0, 0.05) is 30.5 Å². The van der Waals surface area contributed by atoms with E-state index in [4.69, 9.17) is 21.3 Å². The molecule has 0 amide bonds. The summed E-state index contributed by atoms with van der Waals surface area (Å²) in [6.45, 7) is 0.849. The molecule has 1 fully saturated rings. The van der Waals surface area contributed by atoms with Crippen molar-refractivity contribution in [2.45, 2.75) is 57.9 Å². The van der Waals surface area contributed by atoms with Gasteiger partial charge in [-0.2, -0.15) is 0 Å². The van der Waals surface area contributed by atoms with E-state index in [2.05, 4.69) is 35.8 Å². The molecule has 6 nitrogen and oxygen atoms in total. The van der Waals surface area contributed by atoms with E-state index in [-0.39, 0.29) is 13.2 Å². The molecule has 5 rings (SSSR count). The molecule has 2 heterocycles. The lowest BCUT2D eigenvalue weighted by Crippen LogP contribution is -2.33. The summed E-state index contributed by atoms with van der Waals surface area (Å²) in [5.74, 6) is 1.22. The Morgan fingerprint density at radius 1 is 0.973 bits per heavy atom. The Bertz CT molecular complexity index is 1340. The van der Waals surface area contributed by atoms with Gasteiger partial charge in [-0.15, -0.1) is 0 Å². The van der Waals surface area contributed by atoms with Crippen LogP contribution < -0.4 is 10.1 Å².